The Bertz CT molecular complexity index is 1080. The molecule has 29 heavy (non-hydrogen) atoms. The topological polar surface area (TPSA) is 66.7 Å². The lowest BCUT2D eigenvalue weighted by Gasteiger charge is -2.21. The molecule has 1 aliphatic heterocycles. The van der Waals surface area contributed by atoms with Gasteiger partial charge in [0.1, 0.15) is 18.8 Å². The first-order valence-electron chi connectivity index (χ1n) is 9.56. The van der Waals surface area contributed by atoms with E-state index in [1.54, 1.807) is 31.5 Å². The van der Waals surface area contributed by atoms with Gasteiger partial charge < -0.3 is 14.7 Å². The molecule has 1 aliphatic rings. The van der Waals surface area contributed by atoms with Crippen LogP contribution in [0, 0.1) is 6.92 Å². The quantitative estimate of drug-likeness (QED) is 0.684. The molecule has 1 unspecified atom stereocenters. The number of ketones is 1. The molecule has 0 spiro atoms. The van der Waals surface area contributed by atoms with Gasteiger partial charge in [0.15, 0.2) is 5.76 Å². The molecule has 2 aromatic carbocycles. The average Bonchev–Trinajstić information content (AvgIpc) is 3.03. The zero-order valence-corrected chi connectivity index (χ0v) is 16.4. The van der Waals surface area contributed by atoms with Crippen molar-refractivity contribution in [2.45, 2.75) is 20.0 Å². The van der Waals surface area contributed by atoms with Crippen molar-refractivity contribution in [3.05, 3.63) is 94.5 Å². The van der Waals surface area contributed by atoms with Crippen LogP contribution in [0.1, 0.15) is 32.6 Å². The minimum atomic E-state index is -0.191. The third-order valence-corrected chi connectivity index (χ3v) is 5.01. The standard InChI is InChI=1S/C24H22N2O3/c1-16-11-20(27)19(15-26(2)14-17-7-4-3-5-8-17)24-22(16)23(28)21(29-24)12-18-9-6-10-25-13-18/h3-13,27H,14-15H2,1-2H3/b21-12-. The first-order chi connectivity index (χ1) is 14.0. The molecule has 0 radical (unpaired) electrons. The summed E-state index contributed by atoms with van der Waals surface area (Å²) >= 11 is 0. The molecule has 5 nitrogen and oxygen atoms in total. The fraction of sp³-hybridized carbons (Fsp3) is 0.167. The molecule has 3 aromatic rings. The minimum Gasteiger partial charge on any atom is -0.872 e. The Labute approximate surface area is 169 Å². The Morgan fingerprint density at radius 1 is 1.14 bits per heavy atom. The molecule has 0 bridgehead atoms. The van der Waals surface area contributed by atoms with E-state index >= 15 is 0 Å². The number of nitrogens with one attached hydrogen (secondary N) is 1. The van der Waals surface area contributed by atoms with Gasteiger partial charge in [-0.2, -0.15) is 0 Å². The third-order valence-electron chi connectivity index (χ3n) is 5.01. The van der Waals surface area contributed by atoms with Crippen LogP contribution >= 0.6 is 0 Å². The van der Waals surface area contributed by atoms with Gasteiger partial charge in [0.05, 0.1) is 12.6 Å². The third kappa shape index (κ3) is 3.91. The molecule has 0 amide bonds. The van der Waals surface area contributed by atoms with E-state index in [0.717, 1.165) is 17.0 Å². The Morgan fingerprint density at radius 2 is 1.93 bits per heavy atom. The number of fused-ring (bicyclic) bond motifs is 1. The van der Waals surface area contributed by atoms with Crippen LogP contribution in [-0.2, 0) is 13.1 Å². The summed E-state index contributed by atoms with van der Waals surface area (Å²) in [5, 5.41) is 12.7. The molecule has 2 heterocycles. The maximum Gasteiger partial charge on any atom is 0.232 e. The van der Waals surface area contributed by atoms with E-state index in [1.807, 2.05) is 31.3 Å². The fourth-order valence-corrected chi connectivity index (χ4v) is 3.66. The molecule has 1 aromatic heterocycles. The lowest BCUT2D eigenvalue weighted by molar-refractivity contribution is -0.907. The highest BCUT2D eigenvalue weighted by molar-refractivity contribution is 6.15. The average molecular weight is 386 g/mol. The van der Waals surface area contributed by atoms with Crippen LogP contribution in [0.2, 0.25) is 0 Å². The SMILES string of the molecule is Cc1cc([O-])c(C[NH+](C)Cc2ccccc2)c2c1C(=O)/C(=C/c1cccnc1)O2. The second-order valence-electron chi connectivity index (χ2n) is 7.40. The normalized spacial score (nSPS) is 15.2. The van der Waals surface area contributed by atoms with Crippen molar-refractivity contribution < 1.29 is 19.5 Å². The summed E-state index contributed by atoms with van der Waals surface area (Å²) in [5.41, 5.74) is 3.64. The van der Waals surface area contributed by atoms with Crippen LogP contribution in [0.5, 0.6) is 11.5 Å². The zero-order chi connectivity index (χ0) is 20.4. The van der Waals surface area contributed by atoms with Gasteiger partial charge in [-0.25, -0.2) is 0 Å². The molecule has 0 aliphatic carbocycles. The Balaban J connectivity index is 1.65. The van der Waals surface area contributed by atoms with Crippen LogP contribution in [0.25, 0.3) is 6.08 Å². The van der Waals surface area contributed by atoms with Crippen molar-refractivity contribution in [3.8, 4) is 11.5 Å². The number of aryl methyl sites for hydroxylation is 1. The molecule has 0 saturated carbocycles. The van der Waals surface area contributed by atoms with Gasteiger partial charge >= 0.3 is 0 Å². The van der Waals surface area contributed by atoms with Crippen molar-refractivity contribution in [3.63, 3.8) is 0 Å². The Kier molecular flexibility index (Phi) is 5.14. The van der Waals surface area contributed by atoms with Crippen molar-refractivity contribution in [2.75, 3.05) is 7.05 Å². The number of allylic oxidation sites excluding steroid dienone is 1. The van der Waals surface area contributed by atoms with E-state index in [0.29, 0.717) is 29.0 Å². The first-order valence-corrected chi connectivity index (χ1v) is 9.56. The van der Waals surface area contributed by atoms with Crippen LogP contribution in [0.15, 0.2) is 66.7 Å². The number of ether oxygens (including phenoxy) is 1. The van der Waals surface area contributed by atoms with Crippen LogP contribution in [0.3, 0.4) is 0 Å². The van der Waals surface area contributed by atoms with Crippen LogP contribution in [0.4, 0.5) is 0 Å². The van der Waals surface area contributed by atoms with E-state index < -0.39 is 0 Å². The molecular weight excluding hydrogens is 364 g/mol. The van der Waals surface area contributed by atoms with Gasteiger partial charge in [0.25, 0.3) is 0 Å². The largest absolute Gasteiger partial charge is 0.872 e. The monoisotopic (exact) mass is 386 g/mol. The predicted octanol–water partition coefficient (Wildman–Crippen LogP) is 2.29. The van der Waals surface area contributed by atoms with Gasteiger partial charge in [-0.1, -0.05) is 48.2 Å². The van der Waals surface area contributed by atoms with E-state index in [1.165, 1.54) is 11.6 Å². The highest BCUT2D eigenvalue weighted by Crippen LogP contribution is 2.40. The second kappa shape index (κ2) is 7.89. The first kappa shape index (κ1) is 18.9. The highest BCUT2D eigenvalue weighted by atomic mass is 16.5. The highest BCUT2D eigenvalue weighted by Gasteiger charge is 2.32. The summed E-state index contributed by atoms with van der Waals surface area (Å²) in [5.74, 6) is 0.346. The van der Waals surface area contributed by atoms with Crippen molar-refractivity contribution in [1.82, 2.24) is 4.98 Å². The van der Waals surface area contributed by atoms with Gasteiger partial charge in [0.2, 0.25) is 5.78 Å². The summed E-state index contributed by atoms with van der Waals surface area (Å²) < 4.78 is 5.94. The number of nitrogens with zero attached hydrogens (tertiary/aromatic N) is 1. The molecule has 0 saturated heterocycles. The maximum absolute atomic E-state index is 12.9. The number of hydrogen-bond acceptors (Lipinski definition) is 4. The molecule has 4 rings (SSSR count). The van der Waals surface area contributed by atoms with Crippen molar-refractivity contribution in [1.29, 1.82) is 0 Å². The zero-order valence-electron chi connectivity index (χ0n) is 16.4. The molecule has 5 heteroatoms. The second-order valence-corrected chi connectivity index (χ2v) is 7.40. The summed E-state index contributed by atoms with van der Waals surface area (Å²) in [4.78, 5) is 18.1. The van der Waals surface area contributed by atoms with Crippen molar-refractivity contribution >= 4 is 11.9 Å². The molecule has 0 fully saturated rings. The maximum atomic E-state index is 12.9. The molecule has 1 N–H and O–H groups in total. The fourth-order valence-electron chi connectivity index (χ4n) is 3.66. The lowest BCUT2D eigenvalue weighted by atomic mass is 9.99. The summed E-state index contributed by atoms with van der Waals surface area (Å²) in [6.45, 7) is 3.03. The lowest BCUT2D eigenvalue weighted by Crippen LogP contribution is -3.06. The smallest absolute Gasteiger partial charge is 0.232 e. The number of carbonyl (C=O) groups excluding carboxylic acids is 1. The van der Waals surface area contributed by atoms with E-state index in [9.17, 15) is 9.90 Å². The number of pyridine rings is 1. The minimum absolute atomic E-state index is 0.0934. The number of Topliss-reactive ketones (excluding diaryl/α,β-unsaturated/α-hetero) is 1. The van der Waals surface area contributed by atoms with Crippen LogP contribution < -0.4 is 14.7 Å². The molecule has 146 valence electrons. The number of aromatic nitrogens is 1. The predicted molar refractivity (Wildman–Crippen MR) is 109 cm³/mol. The van der Waals surface area contributed by atoms with Gasteiger partial charge in [-0.05, 0) is 30.2 Å². The van der Waals surface area contributed by atoms with E-state index in [4.69, 9.17) is 4.74 Å². The van der Waals surface area contributed by atoms with Crippen LogP contribution in [-0.4, -0.2) is 17.8 Å². The number of quaternary nitrogens is 1. The van der Waals surface area contributed by atoms with Gasteiger partial charge in [-0.3, -0.25) is 9.78 Å². The Hall–Kier alpha value is -3.44. The summed E-state index contributed by atoms with van der Waals surface area (Å²) in [6, 6.07) is 15.3. The Morgan fingerprint density at radius 3 is 2.66 bits per heavy atom. The van der Waals surface area contributed by atoms with Gasteiger partial charge in [0, 0.05) is 23.5 Å². The van der Waals surface area contributed by atoms with E-state index in [2.05, 4.69) is 17.1 Å². The van der Waals surface area contributed by atoms with E-state index in [-0.39, 0.29) is 17.3 Å². The summed E-state index contributed by atoms with van der Waals surface area (Å²) in [6.07, 6.45) is 5.01. The number of benzene rings is 2. The number of hydrogen-bond donors (Lipinski definition) is 1. The number of rotatable bonds is 5. The number of carbonyl (C=O) groups is 1. The van der Waals surface area contributed by atoms with Crippen molar-refractivity contribution in [2.24, 2.45) is 0 Å². The molecular formula is C24H22N2O3. The van der Waals surface area contributed by atoms with Gasteiger partial charge in [-0.15, -0.1) is 0 Å². The molecule has 1 atom stereocenters. The summed E-state index contributed by atoms with van der Waals surface area (Å²) in [7, 11) is 2.03.